The number of hydrogen-bond donors (Lipinski definition) is 3. The van der Waals surface area contributed by atoms with E-state index in [9.17, 15) is 9.18 Å². The smallest absolute Gasteiger partial charge is 0.220 e. The van der Waals surface area contributed by atoms with Crippen molar-refractivity contribution < 1.29 is 13.9 Å². The minimum absolute atomic E-state index is 0. The first-order chi connectivity index (χ1) is 14.1. The van der Waals surface area contributed by atoms with E-state index in [1.807, 2.05) is 6.07 Å². The molecule has 3 heterocycles. The number of halogens is 3. The lowest BCUT2D eigenvalue weighted by molar-refractivity contribution is -0.121. The van der Waals surface area contributed by atoms with E-state index in [-0.39, 0.29) is 42.0 Å². The largest absolute Gasteiger partial charge is 0.381 e. The lowest BCUT2D eigenvalue weighted by Crippen LogP contribution is -2.54. The number of carbonyl (C=O) groups is 1. The average Bonchev–Trinajstić information content (AvgIpc) is 2.75. The third-order valence-electron chi connectivity index (χ3n) is 7.14. The Hall–Kier alpha value is -0.920. The highest BCUT2D eigenvalue weighted by Crippen LogP contribution is 2.34. The fourth-order valence-corrected chi connectivity index (χ4v) is 5.34. The van der Waals surface area contributed by atoms with E-state index in [0.29, 0.717) is 38.1 Å². The summed E-state index contributed by atoms with van der Waals surface area (Å²) in [5, 5.41) is 10.4. The molecule has 0 saturated carbocycles. The molecule has 0 unspecified atom stereocenters. The van der Waals surface area contributed by atoms with Crippen LogP contribution in [0.3, 0.4) is 0 Å². The molecule has 1 aromatic carbocycles. The molecule has 1 aromatic rings. The van der Waals surface area contributed by atoms with Crippen LogP contribution in [0.2, 0.25) is 0 Å². The van der Waals surface area contributed by atoms with Gasteiger partial charge in [0.1, 0.15) is 5.82 Å². The normalized spacial score (nSPS) is 26.8. The maximum Gasteiger partial charge on any atom is 0.220 e. The van der Waals surface area contributed by atoms with Gasteiger partial charge < -0.3 is 20.7 Å². The van der Waals surface area contributed by atoms with E-state index in [0.717, 1.165) is 56.8 Å². The van der Waals surface area contributed by atoms with E-state index < -0.39 is 0 Å². The summed E-state index contributed by atoms with van der Waals surface area (Å²) >= 11 is 0. The highest BCUT2D eigenvalue weighted by Gasteiger charge is 2.35. The van der Waals surface area contributed by atoms with Gasteiger partial charge in [-0.05, 0) is 81.3 Å². The molecule has 3 aliphatic heterocycles. The van der Waals surface area contributed by atoms with Gasteiger partial charge in [-0.1, -0.05) is 12.1 Å². The second-order valence-electron chi connectivity index (χ2n) is 9.11. The zero-order valence-electron chi connectivity index (χ0n) is 18.0. The maximum absolute atomic E-state index is 13.8. The Labute approximate surface area is 197 Å². The lowest BCUT2D eigenvalue weighted by atomic mass is 9.74. The fraction of sp³-hybridized carbons (Fsp3) is 0.696. The van der Waals surface area contributed by atoms with Gasteiger partial charge in [-0.15, -0.1) is 24.8 Å². The molecule has 3 saturated heterocycles. The fourth-order valence-electron chi connectivity index (χ4n) is 5.34. The van der Waals surface area contributed by atoms with Gasteiger partial charge in [-0.25, -0.2) is 4.39 Å². The molecule has 0 radical (unpaired) electrons. The van der Waals surface area contributed by atoms with Crippen molar-refractivity contribution in [2.24, 2.45) is 11.8 Å². The minimum Gasteiger partial charge on any atom is -0.381 e. The Bertz CT molecular complexity index is 703. The SMILES string of the molecule is Cl.Cl.O=C(CCC[C@@H]1NC[C@@H]2CNC[C@H]1C2)NCC1(c2cccc(F)c2)CCOCC1. The number of amides is 1. The molecule has 3 atom stereocenters. The van der Waals surface area contributed by atoms with Crippen LogP contribution in [0.5, 0.6) is 0 Å². The van der Waals surface area contributed by atoms with Gasteiger partial charge in [0.15, 0.2) is 0 Å². The number of fused-ring (bicyclic) bond motifs is 2. The summed E-state index contributed by atoms with van der Waals surface area (Å²) in [7, 11) is 0. The molecule has 2 bridgehead atoms. The standard InChI is InChI=1S/C23H34FN3O2.2ClH/c24-20-4-1-3-19(12-20)23(7-9-29-10-8-23)16-27-22(28)6-2-5-21-18-11-17(14-26-21)13-25-15-18;;/h1,3-4,12,17-18,21,25-26H,2,5-11,13-16H2,(H,27,28);2*1H/t17-,18+,21-;;/m0../s1. The summed E-state index contributed by atoms with van der Waals surface area (Å²) < 4.78 is 19.3. The second-order valence-corrected chi connectivity index (χ2v) is 9.11. The first-order valence-electron chi connectivity index (χ1n) is 11.2. The molecular weight excluding hydrogens is 440 g/mol. The van der Waals surface area contributed by atoms with Crippen LogP contribution in [0.25, 0.3) is 0 Å². The van der Waals surface area contributed by atoms with Crippen molar-refractivity contribution in [1.29, 1.82) is 0 Å². The number of rotatable bonds is 7. The summed E-state index contributed by atoms with van der Waals surface area (Å²) in [6.45, 7) is 5.18. The van der Waals surface area contributed by atoms with E-state index >= 15 is 0 Å². The highest BCUT2D eigenvalue weighted by molar-refractivity contribution is 5.85. The molecule has 3 aliphatic rings. The topological polar surface area (TPSA) is 62.4 Å². The summed E-state index contributed by atoms with van der Waals surface area (Å²) in [6, 6.07) is 7.34. The van der Waals surface area contributed by atoms with Gasteiger partial charge in [0.2, 0.25) is 5.91 Å². The van der Waals surface area contributed by atoms with Crippen LogP contribution in [0, 0.1) is 17.7 Å². The van der Waals surface area contributed by atoms with Gasteiger partial charge in [0.05, 0.1) is 0 Å². The van der Waals surface area contributed by atoms with E-state index in [4.69, 9.17) is 4.74 Å². The Morgan fingerprint density at radius 1 is 1.19 bits per heavy atom. The number of nitrogens with one attached hydrogen (secondary N) is 3. The van der Waals surface area contributed by atoms with E-state index in [2.05, 4.69) is 16.0 Å². The highest BCUT2D eigenvalue weighted by atomic mass is 35.5. The second kappa shape index (κ2) is 12.4. The lowest BCUT2D eigenvalue weighted by Gasteiger charge is -2.41. The predicted molar refractivity (Wildman–Crippen MR) is 126 cm³/mol. The molecule has 31 heavy (non-hydrogen) atoms. The first-order valence-corrected chi connectivity index (χ1v) is 11.2. The molecule has 0 aromatic heterocycles. The van der Waals surface area contributed by atoms with Crippen molar-refractivity contribution in [3.05, 3.63) is 35.6 Å². The van der Waals surface area contributed by atoms with Crippen LogP contribution < -0.4 is 16.0 Å². The summed E-state index contributed by atoms with van der Waals surface area (Å²) in [5.74, 6) is 1.35. The third-order valence-corrected chi connectivity index (χ3v) is 7.14. The average molecular weight is 476 g/mol. The van der Waals surface area contributed by atoms with Crippen molar-refractivity contribution in [2.75, 3.05) is 39.4 Å². The number of piperidine rings is 2. The molecule has 8 heteroatoms. The monoisotopic (exact) mass is 475 g/mol. The van der Waals surface area contributed by atoms with Crippen LogP contribution in [0.1, 0.15) is 44.1 Å². The Morgan fingerprint density at radius 2 is 2.00 bits per heavy atom. The van der Waals surface area contributed by atoms with Crippen LogP contribution in [-0.4, -0.2) is 51.3 Å². The molecule has 176 valence electrons. The summed E-state index contributed by atoms with van der Waals surface area (Å²) in [5.41, 5.74) is 0.732. The van der Waals surface area contributed by atoms with Crippen LogP contribution in [-0.2, 0) is 14.9 Å². The molecular formula is C23H36Cl2FN3O2. The van der Waals surface area contributed by atoms with Gasteiger partial charge >= 0.3 is 0 Å². The molecule has 4 rings (SSSR count). The van der Waals surface area contributed by atoms with Gasteiger partial charge in [-0.3, -0.25) is 4.79 Å². The van der Waals surface area contributed by atoms with Crippen LogP contribution >= 0.6 is 24.8 Å². The van der Waals surface area contributed by atoms with Crippen molar-refractivity contribution in [3.63, 3.8) is 0 Å². The van der Waals surface area contributed by atoms with E-state index in [1.54, 1.807) is 12.1 Å². The van der Waals surface area contributed by atoms with Gasteiger partial charge in [-0.2, -0.15) is 0 Å². The van der Waals surface area contributed by atoms with E-state index in [1.165, 1.54) is 12.5 Å². The Balaban J connectivity index is 0.00000171. The Kier molecular flexibility index (Phi) is 10.5. The molecule has 3 N–H and O–H groups in total. The van der Waals surface area contributed by atoms with Crippen LogP contribution in [0.15, 0.2) is 24.3 Å². The first kappa shape index (κ1) is 26.3. The third kappa shape index (κ3) is 6.78. The Morgan fingerprint density at radius 3 is 2.77 bits per heavy atom. The minimum atomic E-state index is -0.232. The quantitative estimate of drug-likeness (QED) is 0.566. The predicted octanol–water partition coefficient (Wildman–Crippen LogP) is 3.20. The van der Waals surface area contributed by atoms with Gasteiger partial charge in [0, 0.05) is 37.6 Å². The maximum atomic E-state index is 13.8. The number of benzene rings is 1. The zero-order chi connectivity index (χ0) is 20.1. The molecule has 0 aliphatic carbocycles. The van der Waals surface area contributed by atoms with Gasteiger partial charge in [0.25, 0.3) is 0 Å². The molecule has 1 amide bonds. The number of hydrogen-bond acceptors (Lipinski definition) is 4. The van der Waals surface area contributed by atoms with Crippen molar-refractivity contribution in [1.82, 2.24) is 16.0 Å². The summed E-state index contributed by atoms with van der Waals surface area (Å²) in [4.78, 5) is 12.5. The van der Waals surface area contributed by atoms with Crippen molar-refractivity contribution in [2.45, 2.75) is 50.0 Å². The molecule has 5 nitrogen and oxygen atoms in total. The molecule has 0 spiro atoms. The van der Waals surface area contributed by atoms with Crippen molar-refractivity contribution in [3.8, 4) is 0 Å². The summed E-state index contributed by atoms with van der Waals surface area (Å²) in [6.07, 6.45) is 5.43. The van der Waals surface area contributed by atoms with Crippen LogP contribution in [0.4, 0.5) is 4.39 Å². The zero-order valence-corrected chi connectivity index (χ0v) is 19.7. The number of ether oxygens (including phenoxy) is 1. The molecule has 3 fully saturated rings. The van der Waals surface area contributed by atoms with Crippen molar-refractivity contribution >= 4 is 30.7 Å². The number of carbonyl (C=O) groups excluding carboxylic acids is 1.